The molecule has 0 amide bonds. The van der Waals surface area contributed by atoms with E-state index < -0.39 is 28.2 Å². The molecule has 0 atom stereocenters. The highest BCUT2D eigenvalue weighted by atomic mass is 16.6. The predicted octanol–water partition coefficient (Wildman–Crippen LogP) is 2.44. The van der Waals surface area contributed by atoms with Gasteiger partial charge in [0, 0.05) is 24.3 Å². The number of esters is 2. The van der Waals surface area contributed by atoms with Crippen LogP contribution >= 0.6 is 0 Å². The van der Waals surface area contributed by atoms with Crippen LogP contribution in [0, 0.1) is 20.2 Å². The number of nitro groups is 2. The molecule has 0 saturated heterocycles. The Morgan fingerprint density at radius 1 is 0.645 bits per heavy atom. The zero-order chi connectivity index (χ0) is 22.6. The van der Waals surface area contributed by atoms with Crippen molar-refractivity contribution in [3.63, 3.8) is 0 Å². The average molecular weight is 434 g/mol. The molecule has 0 heterocycles. The second-order valence-corrected chi connectivity index (χ2v) is 5.82. The van der Waals surface area contributed by atoms with Gasteiger partial charge in [-0.2, -0.15) is 0 Å². The Balaban J connectivity index is 1.55. The molecule has 31 heavy (non-hydrogen) atoms. The first-order chi connectivity index (χ1) is 14.8. The van der Waals surface area contributed by atoms with Crippen LogP contribution in [-0.4, -0.2) is 48.2 Å². The van der Waals surface area contributed by atoms with Crippen LogP contribution in [0.3, 0.4) is 0 Å². The molecule has 2 rings (SSSR count). The number of carbonyl (C=O) groups is 2. The third-order valence-electron chi connectivity index (χ3n) is 3.61. The molecular formula is C19H18N2O10. The van der Waals surface area contributed by atoms with E-state index in [1.54, 1.807) is 0 Å². The maximum atomic E-state index is 11.6. The summed E-state index contributed by atoms with van der Waals surface area (Å²) < 4.78 is 20.2. The quantitative estimate of drug-likeness (QED) is 0.160. The lowest BCUT2D eigenvalue weighted by Crippen LogP contribution is -2.18. The smallest absolute Gasteiger partial charge is 0.317 e. The molecule has 0 aliphatic heterocycles. The SMILES string of the molecule is O=C(CC(=O)OCCOc1ccc([N+](=O)[O-])cc1)OCCOc1ccc([N+](=O)[O-])cc1. The number of non-ortho nitro benzene ring substituents is 2. The van der Waals surface area contributed by atoms with Crippen molar-refractivity contribution in [1.29, 1.82) is 0 Å². The van der Waals surface area contributed by atoms with Crippen LogP contribution in [0.2, 0.25) is 0 Å². The minimum Gasteiger partial charge on any atom is -0.490 e. The predicted molar refractivity (Wildman–Crippen MR) is 104 cm³/mol. The number of rotatable bonds is 12. The van der Waals surface area contributed by atoms with Crippen molar-refractivity contribution in [3.8, 4) is 11.5 Å². The van der Waals surface area contributed by atoms with Crippen molar-refractivity contribution in [3.05, 3.63) is 68.8 Å². The summed E-state index contributed by atoms with van der Waals surface area (Å²) in [4.78, 5) is 43.2. The summed E-state index contributed by atoms with van der Waals surface area (Å²) in [6, 6.07) is 10.8. The lowest BCUT2D eigenvalue weighted by molar-refractivity contribution is -0.385. The lowest BCUT2D eigenvalue weighted by atomic mass is 10.3. The molecule has 0 fully saturated rings. The van der Waals surface area contributed by atoms with E-state index in [9.17, 15) is 29.8 Å². The van der Waals surface area contributed by atoms with E-state index >= 15 is 0 Å². The fourth-order valence-electron chi connectivity index (χ4n) is 2.18. The monoisotopic (exact) mass is 434 g/mol. The van der Waals surface area contributed by atoms with E-state index in [4.69, 9.17) is 18.9 Å². The van der Waals surface area contributed by atoms with Gasteiger partial charge in [0.05, 0.1) is 9.85 Å². The fraction of sp³-hybridized carbons (Fsp3) is 0.263. The van der Waals surface area contributed by atoms with Crippen LogP contribution in [0.1, 0.15) is 6.42 Å². The van der Waals surface area contributed by atoms with Gasteiger partial charge in [-0.1, -0.05) is 0 Å². The third-order valence-corrected chi connectivity index (χ3v) is 3.61. The van der Waals surface area contributed by atoms with Crippen LogP contribution in [0.15, 0.2) is 48.5 Å². The summed E-state index contributed by atoms with van der Waals surface area (Å²) in [5, 5.41) is 21.1. The summed E-state index contributed by atoms with van der Waals surface area (Å²) >= 11 is 0. The molecule has 2 aromatic rings. The van der Waals surface area contributed by atoms with Crippen molar-refractivity contribution in [2.75, 3.05) is 26.4 Å². The van der Waals surface area contributed by atoms with Gasteiger partial charge in [0.1, 0.15) is 44.3 Å². The lowest BCUT2D eigenvalue weighted by Gasteiger charge is -2.08. The molecule has 0 radical (unpaired) electrons. The number of nitrogens with zero attached hydrogens (tertiary/aromatic N) is 2. The van der Waals surface area contributed by atoms with E-state index in [-0.39, 0.29) is 37.8 Å². The number of hydrogen-bond acceptors (Lipinski definition) is 10. The maximum absolute atomic E-state index is 11.6. The molecule has 0 unspecified atom stereocenters. The van der Waals surface area contributed by atoms with Gasteiger partial charge in [-0.05, 0) is 24.3 Å². The molecule has 0 spiro atoms. The van der Waals surface area contributed by atoms with E-state index in [1.807, 2.05) is 0 Å². The third kappa shape index (κ3) is 8.35. The normalized spacial score (nSPS) is 10.1. The van der Waals surface area contributed by atoms with Gasteiger partial charge in [-0.15, -0.1) is 0 Å². The molecule has 0 bridgehead atoms. The summed E-state index contributed by atoms with van der Waals surface area (Å²) in [5.41, 5.74) is -0.147. The van der Waals surface area contributed by atoms with Crippen LogP contribution in [-0.2, 0) is 19.1 Å². The highest BCUT2D eigenvalue weighted by Crippen LogP contribution is 2.18. The largest absolute Gasteiger partial charge is 0.490 e. The van der Waals surface area contributed by atoms with Crippen LogP contribution < -0.4 is 9.47 Å². The standard InChI is InChI=1S/C19H18N2O10/c22-18(30-11-9-28-16-5-1-14(2-6-16)20(24)25)13-19(23)31-12-10-29-17-7-3-15(4-8-17)21(26)27/h1-8H,9-13H2. The van der Waals surface area contributed by atoms with Gasteiger partial charge < -0.3 is 18.9 Å². The molecule has 0 aliphatic rings. The molecule has 0 aromatic heterocycles. The van der Waals surface area contributed by atoms with E-state index in [0.29, 0.717) is 11.5 Å². The van der Waals surface area contributed by atoms with Crippen molar-refractivity contribution in [1.82, 2.24) is 0 Å². The first kappa shape index (κ1) is 23.1. The number of benzene rings is 2. The van der Waals surface area contributed by atoms with Gasteiger partial charge in [-0.25, -0.2) is 0 Å². The minimum atomic E-state index is -0.798. The molecule has 12 heteroatoms. The summed E-state index contributed by atoms with van der Waals surface area (Å²) in [7, 11) is 0. The Labute approximate surface area is 175 Å². The van der Waals surface area contributed by atoms with Crippen LogP contribution in [0.4, 0.5) is 11.4 Å². The fourth-order valence-corrected chi connectivity index (χ4v) is 2.18. The second kappa shape index (κ2) is 11.7. The Bertz CT molecular complexity index is 837. The summed E-state index contributed by atoms with van der Waals surface area (Å²) in [5.74, 6) is -0.856. The molecule has 0 N–H and O–H groups in total. The maximum Gasteiger partial charge on any atom is 0.317 e. The van der Waals surface area contributed by atoms with Crippen molar-refractivity contribution >= 4 is 23.3 Å². The number of hydrogen-bond donors (Lipinski definition) is 0. The molecule has 12 nitrogen and oxygen atoms in total. The highest BCUT2D eigenvalue weighted by molar-refractivity contribution is 5.91. The minimum absolute atomic E-state index is 0.00166. The first-order valence-corrected chi connectivity index (χ1v) is 8.91. The zero-order valence-electron chi connectivity index (χ0n) is 16.1. The second-order valence-electron chi connectivity index (χ2n) is 5.82. The summed E-state index contributed by atoms with van der Waals surface area (Å²) in [6.07, 6.45) is -0.588. The molecule has 0 aliphatic carbocycles. The van der Waals surface area contributed by atoms with Crippen LogP contribution in [0.5, 0.6) is 11.5 Å². The zero-order valence-corrected chi connectivity index (χ0v) is 16.1. The molecule has 164 valence electrons. The Morgan fingerprint density at radius 2 is 1.00 bits per heavy atom. The number of carbonyl (C=O) groups excluding carboxylic acids is 2. The van der Waals surface area contributed by atoms with Crippen LogP contribution in [0.25, 0.3) is 0 Å². The number of nitro benzene ring substituents is 2. The van der Waals surface area contributed by atoms with Crippen molar-refractivity contribution in [2.45, 2.75) is 6.42 Å². The van der Waals surface area contributed by atoms with E-state index in [1.165, 1.54) is 48.5 Å². The van der Waals surface area contributed by atoms with Gasteiger partial charge in [0.25, 0.3) is 11.4 Å². The van der Waals surface area contributed by atoms with Crippen molar-refractivity contribution in [2.24, 2.45) is 0 Å². The molecule has 2 aromatic carbocycles. The Morgan fingerprint density at radius 3 is 1.32 bits per heavy atom. The highest BCUT2D eigenvalue weighted by Gasteiger charge is 2.12. The average Bonchev–Trinajstić information content (AvgIpc) is 2.75. The summed E-state index contributed by atoms with van der Waals surface area (Å²) in [6.45, 7) is -0.234. The molecular weight excluding hydrogens is 416 g/mol. The number of ether oxygens (including phenoxy) is 4. The van der Waals surface area contributed by atoms with Gasteiger partial charge in [-0.3, -0.25) is 29.8 Å². The van der Waals surface area contributed by atoms with Gasteiger partial charge in [0.15, 0.2) is 0 Å². The Hall–Kier alpha value is -4.22. The van der Waals surface area contributed by atoms with Crippen molar-refractivity contribution < 1.29 is 38.4 Å². The van der Waals surface area contributed by atoms with Gasteiger partial charge >= 0.3 is 11.9 Å². The first-order valence-electron chi connectivity index (χ1n) is 8.91. The van der Waals surface area contributed by atoms with E-state index in [0.717, 1.165) is 0 Å². The van der Waals surface area contributed by atoms with E-state index in [2.05, 4.69) is 0 Å². The van der Waals surface area contributed by atoms with Gasteiger partial charge in [0.2, 0.25) is 0 Å². The topological polar surface area (TPSA) is 157 Å². The Kier molecular flexibility index (Phi) is 8.71. The molecule has 0 saturated carbocycles.